The Kier molecular flexibility index (Phi) is 6.67. The molecule has 6 nitrogen and oxygen atoms in total. The molecule has 0 aliphatic carbocycles. The number of hydrogen-bond acceptors (Lipinski definition) is 5. The molecule has 29 heavy (non-hydrogen) atoms. The Morgan fingerprint density at radius 1 is 1.14 bits per heavy atom. The van der Waals surface area contributed by atoms with Crippen molar-refractivity contribution in [3.63, 3.8) is 0 Å². The van der Waals surface area contributed by atoms with Crippen molar-refractivity contribution < 1.29 is 14.7 Å². The minimum absolute atomic E-state index is 0.0515. The maximum absolute atomic E-state index is 12.9. The molecule has 7 heteroatoms. The Labute approximate surface area is 175 Å². The van der Waals surface area contributed by atoms with Crippen LogP contribution in [-0.2, 0) is 9.59 Å². The Balaban J connectivity index is 2.06. The van der Waals surface area contributed by atoms with Crippen molar-refractivity contribution in [3.05, 3.63) is 70.5 Å². The van der Waals surface area contributed by atoms with Crippen molar-refractivity contribution in [1.29, 1.82) is 0 Å². The van der Waals surface area contributed by atoms with Crippen LogP contribution in [0.5, 0.6) is 0 Å². The van der Waals surface area contributed by atoms with Crippen molar-refractivity contribution >= 4 is 29.1 Å². The third kappa shape index (κ3) is 4.33. The van der Waals surface area contributed by atoms with Crippen LogP contribution in [0.3, 0.4) is 0 Å². The van der Waals surface area contributed by atoms with Crippen molar-refractivity contribution in [2.75, 3.05) is 26.2 Å². The smallest absolute Gasteiger partial charge is 0.295 e. The fourth-order valence-corrected chi connectivity index (χ4v) is 3.63. The number of carbonyl (C=O) groups is 2. The molecule has 3 rings (SSSR count). The third-order valence-corrected chi connectivity index (χ3v) is 5.43. The summed E-state index contributed by atoms with van der Waals surface area (Å²) in [6, 6.07) is 11.1. The second kappa shape index (κ2) is 9.20. The van der Waals surface area contributed by atoms with E-state index in [2.05, 4.69) is 9.88 Å². The molecule has 2 heterocycles. The van der Waals surface area contributed by atoms with Gasteiger partial charge in [0.05, 0.1) is 11.3 Å². The lowest BCUT2D eigenvalue weighted by atomic mass is 9.98. The highest BCUT2D eigenvalue weighted by atomic mass is 35.5. The molecular weight excluding hydrogens is 390 g/mol. The van der Waals surface area contributed by atoms with E-state index in [1.165, 1.54) is 4.90 Å². The maximum atomic E-state index is 12.9. The molecule has 1 atom stereocenters. The first kappa shape index (κ1) is 21.0. The van der Waals surface area contributed by atoms with E-state index in [1.807, 2.05) is 13.8 Å². The summed E-state index contributed by atoms with van der Waals surface area (Å²) in [5.74, 6) is -1.54. The van der Waals surface area contributed by atoms with Crippen LogP contribution in [0.2, 0.25) is 5.02 Å². The quantitative estimate of drug-likeness (QED) is 0.427. The summed E-state index contributed by atoms with van der Waals surface area (Å²) in [4.78, 5) is 33.8. The summed E-state index contributed by atoms with van der Waals surface area (Å²) in [5.41, 5.74) is 1.02. The van der Waals surface area contributed by atoms with Gasteiger partial charge in [-0.3, -0.25) is 14.6 Å². The number of carbonyl (C=O) groups excluding carboxylic acids is 2. The molecular formula is C22H24ClN3O3. The van der Waals surface area contributed by atoms with Gasteiger partial charge in [0.2, 0.25) is 0 Å². The summed E-state index contributed by atoms with van der Waals surface area (Å²) in [6.45, 7) is 6.79. The second-order valence-electron chi connectivity index (χ2n) is 6.78. The predicted molar refractivity (Wildman–Crippen MR) is 112 cm³/mol. The average molecular weight is 414 g/mol. The minimum Gasteiger partial charge on any atom is -0.507 e. The number of pyridine rings is 1. The molecule has 1 aromatic heterocycles. The number of aliphatic hydroxyl groups excluding tert-OH is 1. The number of nitrogens with zero attached hydrogens (tertiary/aromatic N) is 3. The lowest BCUT2D eigenvalue weighted by Crippen LogP contribution is -2.38. The number of rotatable bonds is 7. The third-order valence-electron chi connectivity index (χ3n) is 5.18. The van der Waals surface area contributed by atoms with Gasteiger partial charge in [0.25, 0.3) is 11.7 Å². The highest BCUT2D eigenvalue weighted by Gasteiger charge is 2.46. The lowest BCUT2D eigenvalue weighted by Gasteiger charge is -2.27. The molecule has 0 unspecified atom stereocenters. The first-order chi connectivity index (χ1) is 14.0. The number of aromatic nitrogens is 1. The number of likely N-dealkylation sites (tertiary alicyclic amines) is 1. The molecule has 1 amide bonds. The summed E-state index contributed by atoms with van der Waals surface area (Å²) < 4.78 is 0. The van der Waals surface area contributed by atoms with Crippen LogP contribution in [0, 0.1) is 0 Å². The van der Waals surface area contributed by atoms with Crippen LogP contribution in [0.1, 0.15) is 31.1 Å². The van der Waals surface area contributed by atoms with E-state index in [1.54, 1.807) is 48.7 Å². The van der Waals surface area contributed by atoms with Crippen LogP contribution in [0.4, 0.5) is 0 Å². The first-order valence-electron chi connectivity index (χ1n) is 9.65. The van der Waals surface area contributed by atoms with Gasteiger partial charge in [-0.1, -0.05) is 31.5 Å². The minimum atomic E-state index is -0.734. The number of benzene rings is 1. The lowest BCUT2D eigenvalue weighted by molar-refractivity contribution is -0.140. The topological polar surface area (TPSA) is 73.7 Å². The molecule has 1 fully saturated rings. The highest BCUT2D eigenvalue weighted by molar-refractivity contribution is 6.46. The molecule has 1 aliphatic rings. The summed E-state index contributed by atoms with van der Waals surface area (Å²) in [6.07, 6.45) is 1.61. The number of likely N-dealkylation sites (N-methyl/N-ethyl adjacent to an activating group) is 1. The average Bonchev–Trinajstić information content (AvgIpc) is 3.00. The van der Waals surface area contributed by atoms with Gasteiger partial charge < -0.3 is 14.9 Å². The fourth-order valence-electron chi connectivity index (χ4n) is 3.51. The predicted octanol–water partition coefficient (Wildman–Crippen LogP) is 3.50. The van der Waals surface area contributed by atoms with Crippen molar-refractivity contribution in [3.8, 4) is 0 Å². The van der Waals surface area contributed by atoms with Crippen LogP contribution < -0.4 is 0 Å². The Morgan fingerprint density at radius 2 is 1.83 bits per heavy atom. The maximum Gasteiger partial charge on any atom is 0.295 e. The van der Waals surface area contributed by atoms with Gasteiger partial charge in [-0.25, -0.2) is 0 Å². The molecule has 1 N–H and O–H groups in total. The normalized spacial score (nSPS) is 18.6. The van der Waals surface area contributed by atoms with Crippen molar-refractivity contribution in [1.82, 2.24) is 14.8 Å². The molecule has 0 saturated carbocycles. The van der Waals surface area contributed by atoms with E-state index >= 15 is 0 Å². The number of aliphatic hydroxyl groups is 1. The standard InChI is InChI=1S/C22H24ClN3O3/c1-3-25(4-2)13-14-26-19(17-7-5-6-12-24-17)18(21(28)22(26)29)20(27)15-8-10-16(23)11-9-15/h5-12,19,27H,3-4,13-14H2,1-2H3/t19-/m0/s1. The van der Waals surface area contributed by atoms with E-state index in [0.717, 1.165) is 13.1 Å². The SMILES string of the molecule is CCN(CC)CCN1C(=O)C(=O)C(=C(O)c2ccc(Cl)cc2)[C@@H]1c1ccccn1. The second-order valence-corrected chi connectivity index (χ2v) is 7.22. The van der Waals surface area contributed by atoms with Gasteiger partial charge in [-0.05, 0) is 49.5 Å². The van der Waals surface area contributed by atoms with Crippen LogP contribution in [-0.4, -0.2) is 57.8 Å². The largest absolute Gasteiger partial charge is 0.507 e. The Morgan fingerprint density at radius 3 is 2.41 bits per heavy atom. The molecule has 0 bridgehead atoms. The molecule has 1 aromatic carbocycles. The van der Waals surface area contributed by atoms with Crippen LogP contribution >= 0.6 is 11.6 Å². The summed E-state index contributed by atoms with van der Waals surface area (Å²) in [7, 11) is 0. The van der Waals surface area contributed by atoms with Crippen LogP contribution in [0.25, 0.3) is 5.76 Å². The van der Waals surface area contributed by atoms with E-state index in [4.69, 9.17) is 11.6 Å². The number of hydrogen-bond donors (Lipinski definition) is 1. The Hall–Kier alpha value is -2.70. The van der Waals surface area contributed by atoms with Crippen LogP contribution in [0.15, 0.2) is 54.2 Å². The van der Waals surface area contributed by atoms with E-state index in [-0.39, 0.29) is 11.3 Å². The molecule has 0 spiro atoms. The molecule has 1 saturated heterocycles. The van der Waals surface area contributed by atoms with Gasteiger partial charge in [-0.2, -0.15) is 0 Å². The number of ketones is 1. The van der Waals surface area contributed by atoms with Gasteiger partial charge in [0.1, 0.15) is 11.8 Å². The van der Waals surface area contributed by atoms with Gasteiger partial charge >= 0.3 is 0 Å². The molecule has 0 radical (unpaired) electrons. The summed E-state index contributed by atoms with van der Waals surface area (Å²) in [5, 5.41) is 11.4. The molecule has 2 aromatic rings. The van der Waals surface area contributed by atoms with E-state index in [0.29, 0.717) is 29.4 Å². The van der Waals surface area contributed by atoms with Gasteiger partial charge in [0, 0.05) is 29.9 Å². The van der Waals surface area contributed by atoms with Crippen molar-refractivity contribution in [2.45, 2.75) is 19.9 Å². The highest BCUT2D eigenvalue weighted by Crippen LogP contribution is 2.38. The summed E-state index contributed by atoms with van der Waals surface area (Å²) >= 11 is 5.93. The monoisotopic (exact) mass is 413 g/mol. The first-order valence-corrected chi connectivity index (χ1v) is 10.0. The van der Waals surface area contributed by atoms with Crippen molar-refractivity contribution in [2.24, 2.45) is 0 Å². The van der Waals surface area contributed by atoms with E-state index in [9.17, 15) is 14.7 Å². The zero-order chi connectivity index (χ0) is 21.0. The number of halogens is 1. The zero-order valence-electron chi connectivity index (χ0n) is 16.5. The number of Topliss-reactive ketones (excluding diaryl/α,β-unsaturated/α-hetero) is 1. The molecule has 152 valence electrons. The molecule has 1 aliphatic heterocycles. The number of amides is 1. The zero-order valence-corrected chi connectivity index (χ0v) is 17.3. The van der Waals surface area contributed by atoms with Gasteiger partial charge in [-0.15, -0.1) is 0 Å². The van der Waals surface area contributed by atoms with Gasteiger partial charge in [0.15, 0.2) is 0 Å². The van der Waals surface area contributed by atoms with E-state index < -0.39 is 17.7 Å². The fraction of sp³-hybridized carbons (Fsp3) is 0.318. The Bertz CT molecular complexity index is 909.